The minimum Gasteiger partial charge on any atom is -0.443 e. The van der Waals surface area contributed by atoms with Crippen LogP contribution in [0.3, 0.4) is 0 Å². The number of hydrogen-bond acceptors (Lipinski definition) is 8. The van der Waals surface area contributed by atoms with Crippen molar-refractivity contribution in [3.8, 4) is 0 Å². The number of hydrogen-bond donors (Lipinski definition) is 2. The first-order chi connectivity index (χ1) is 15.1. The molecule has 4 atom stereocenters. The molecule has 8 nitrogen and oxygen atoms in total. The predicted octanol–water partition coefficient (Wildman–Crippen LogP) is 3.02. The Balaban J connectivity index is 1.19. The smallest absolute Gasteiger partial charge is 0.197 e. The molecule has 166 valence electrons. The fourth-order valence-corrected chi connectivity index (χ4v) is 5.44. The highest BCUT2D eigenvalue weighted by Crippen LogP contribution is 2.41. The lowest BCUT2D eigenvalue weighted by Gasteiger charge is -2.34. The Kier molecular flexibility index (Phi) is 4.96. The molecule has 1 saturated heterocycles. The maximum absolute atomic E-state index is 6.15. The number of aromatic nitrogens is 3. The number of oxazole rings is 1. The van der Waals surface area contributed by atoms with Gasteiger partial charge in [0.2, 0.25) is 0 Å². The number of rotatable bonds is 5. The summed E-state index contributed by atoms with van der Waals surface area (Å²) in [6.45, 7) is 5.89. The third kappa shape index (κ3) is 3.85. The highest BCUT2D eigenvalue weighted by molar-refractivity contribution is 5.42. The number of nitrogens with zero attached hydrogens (tertiary/aromatic N) is 4. The van der Waals surface area contributed by atoms with Crippen LogP contribution in [0.15, 0.2) is 16.8 Å². The van der Waals surface area contributed by atoms with Crippen LogP contribution in [0.25, 0.3) is 0 Å². The molecule has 0 spiro atoms. The van der Waals surface area contributed by atoms with Crippen molar-refractivity contribution in [2.45, 2.75) is 89.1 Å². The third-order valence-corrected chi connectivity index (χ3v) is 7.16. The number of hydrazine groups is 1. The van der Waals surface area contributed by atoms with Crippen LogP contribution in [0, 0.1) is 5.92 Å². The Morgan fingerprint density at radius 3 is 2.90 bits per heavy atom. The van der Waals surface area contributed by atoms with E-state index in [1.54, 1.807) is 6.33 Å². The zero-order chi connectivity index (χ0) is 20.9. The van der Waals surface area contributed by atoms with Crippen LogP contribution >= 0.6 is 0 Å². The summed E-state index contributed by atoms with van der Waals surface area (Å²) in [5, 5.41) is 0. The molecular weight excluding hydrogens is 392 g/mol. The third-order valence-electron chi connectivity index (χ3n) is 7.16. The van der Waals surface area contributed by atoms with E-state index in [-0.39, 0.29) is 12.1 Å². The van der Waals surface area contributed by atoms with E-state index >= 15 is 0 Å². The molecule has 2 aromatic rings. The Morgan fingerprint density at radius 2 is 2.06 bits per heavy atom. The maximum Gasteiger partial charge on any atom is 0.197 e. The van der Waals surface area contributed by atoms with Crippen LogP contribution in [0.4, 0.5) is 5.82 Å². The summed E-state index contributed by atoms with van der Waals surface area (Å²) in [7, 11) is 0. The lowest BCUT2D eigenvalue weighted by molar-refractivity contribution is -0.0276. The van der Waals surface area contributed by atoms with Gasteiger partial charge in [0, 0.05) is 36.9 Å². The van der Waals surface area contributed by atoms with E-state index in [1.807, 2.05) is 0 Å². The van der Waals surface area contributed by atoms with Gasteiger partial charge in [0.1, 0.15) is 17.9 Å². The molecule has 0 radical (unpaired) electrons. The summed E-state index contributed by atoms with van der Waals surface area (Å²) in [6.07, 6.45) is 8.95. The summed E-state index contributed by atoms with van der Waals surface area (Å²) in [5.74, 6) is 3.95. The lowest BCUT2D eigenvalue weighted by Crippen LogP contribution is -2.38. The van der Waals surface area contributed by atoms with Crippen LogP contribution < -0.4 is 15.8 Å². The summed E-state index contributed by atoms with van der Waals surface area (Å²) in [4.78, 5) is 16.3. The molecule has 4 aliphatic rings. The molecule has 2 saturated carbocycles. The van der Waals surface area contributed by atoms with Gasteiger partial charge in [0.25, 0.3) is 0 Å². The normalized spacial score (nSPS) is 30.5. The molecule has 2 aliphatic carbocycles. The molecule has 2 aromatic heterocycles. The van der Waals surface area contributed by atoms with Gasteiger partial charge in [0.05, 0.1) is 36.2 Å². The Morgan fingerprint density at radius 1 is 1.16 bits per heavy atom. The van der Waals surface area contributed by atoms with Crippen molar-refractivity contribution in [3.63, 3.8) is 0 Å². The molecule has 6 rings (SSSR count). The first-order valence-electron chi connectivity index (χ1n) is 11.9. The SMILES string of the molecule is CC(C)OC1CCC2NNC(c3cc(N4CCc5nc(C6CC6)oc5C4)ncn3)C2C1. The molecule has 3 fully saturated rings. The molecule has 2 N–H and O–H groups in total. The van der Waals surface area contributed by atoms with E-state index in [9.17, 15) is 0 Å². The van der Waals surface area contributed by atoms with Crippen molar-refractivity contribution in [2.75, 3.05) is 11.4 Å². The van der Waals surface area contributed by atoms with E-state index in [0.29, 0.717) is 24.0 Å². The molecule has 8 heteroatoms. The summed E-state index contributed by atoms with van der Waals surface area (Å²) in [6, 6.07) is 2.80. The zero-order valence-corrected chi connectivity index (χ0v) is 18.4. The number of ether oxygens (including phenoxy) is 1. The zero-order valence-electron chi connectivity index (χ0n) is 18.4. The fourth-order valence-electron chi connectivity index (χ4n) is 5.44. The van der Waals surface area contributed by atoms with Crippen LogP contribution in [0.1, 0.15) is 81.0 Å². The lowest BCUT2D eigenvalue weighted by atomic mass is 9.79. The second-order valence-corrected chi connectivity index (χ2v) is 9.83. The molecule has 0 amide bonds. The average molecular weight is 425 g/mol. The molecule has 31 heavy (non-hydrogen) atoms. The topological polar surface area (TPSA) is 88.3 Å². The Labute approximate surface area is 183 Å². The van der Waals surface area contributed by atoms with Gasteiger partial charge in [-0.1, -0.05) is 0 Å². The van der Waals surface area contributed by atoms with Gasteiger partial charge in [-0.3, -0.25) is 5.43 Å². The number of fused-ring (bicyclic) bond motifs is 2. The van der Waals surface area contributed by atoms with Gasteiger partial charge in [-0.15, -0.1) is 0 Å². The van der Waals surface area contributed by atoms with E-state index in [1.165, 1.54) is 12.8 Å². The first-order valence-corrected chi connectivity index (χ1v) is 11.9. The summed E-state index contributed by atoms with van der Waals surface area (Å²) in [5.41, 5.74) is 9.21. The van der Waals surface area contributed by atoms with Gasteiger partial charge >= 0.3 is 0 Å². The average Bonchev–Trinajstić information content (AvgIpc) is 3.40. The van der Waals surface area contributed by atoms with Crippen molar-refractivity contribution in [1.29, 1.82) is 0 Å². The highest BCUT2D eigenvalue weighted by atomic mass is 16.5. The second-order valence-electron chi connectivity index (χ2n) is 9.83. The largest absolute Gasteiger partial charge is 0.443 e. The molecule has 2 aliphatic heterocycles. The predicted molar refractivity (Wildman–Crippen MR) is 115 cm³/mol. The van der Waals surface area contributed by atoms with Crippen LogP contribution in [-0.2, 0) is 17.7 Å². The van der Waals surface area contributed by atoms with Gasteiger partial charge in [-0.25, -0.2) is 20.4 Å². The molecule has 4 unspecified atom stereocenters. The van der Waals surface area contributed by atoms with Crippen molar-refractivity contribution in [1.82, 2.24) is 25.8 Å². The number of anilines is 1. The van der Waals surface area contributed by atoms with Gasteiger partial charge in [-0.05, 0) is 46.0 Å². The number of nitrogens with one attached hydrogen (secondary N) is 2. The van der Waals surface area contributed by atoms with Crippen LogP contribution in [0.5, 0.6) is 0 Å². The molecule has 4 heterocycles. The Bertz CT molecular complexity index is 942. The standard InChI is InChI=1S/C23H32N6O2/c1-13(2)30-15-5-6-17-16(9-15)22(28-27-17)19-10-21(25-12-24-19)29-8-7-18-20(11-29)31-23(26-18)14-3-4-14/h10,12-17,22,27-28H,3-9,11H2,1-2H3. The van der Waals surface area contributed by atoms with Crippen molar-refractivity contribution >= 4 is 5.82 Å². The first kappa shape index (κ1) is 19.6. The van der Waals surface area contributed by atoms with Crippen LogP contribution in [0.2, 0.25) is 0 Å². The molecular formula is C23H32N6O2. The molecule has 0 bridgehead atoms. The van der Waals surface area contributed by atoms with Crippen molar-refractivity contribution in [2.24, 2.45) is 5.92 Å². The van der Waals surface area contributed by atoms with Crippen molar-refractivity contribution in [3.05, 3.63) is 35.4 Å². The van der Waals surface area contributed by atoms with Gasteiger partial charge in [0.15, 0.2) is 5.89 Å². The quantitative estimate of drug-likeness (QED) is 0.757. The van der Waals surface area contributed by atoms with E-state index in [4.69, 9.17) is 14.1 Å². The minimum absolute atomic E-state index is 0.178. The minimum atomic E-state index is 0.178. The van der Waals surface area contributed by atoms with Crippen molar-refractivity contribution < 1.29 is 9.15 Å². The monoisotopic (exact) mass is 424 g/mol. The van der Waals surface area contributed by atoms with Gasteiger partial charge in [-0.2, -0.15) is 0 Å². The maximum atomic E-state index is 6.15. The summed E-state index contributed by atoms with van der Waals surface area (Å²) >= 11 is 0. The van der Waals surface area contributed by atoms with E-state index in [2.05, 4.69) is 45.6 Å². The van der Waals surface area contributed by atoms with E-state index < -0.39 is 0 Å². The van der Waals surface area contributed by atoms with Crippen LogP contribution in [-0.4, -0.2) is 39.7 Å². The molecule has 0 aromatic carbocycles. The van der Waals surface area contributed by atoms with E-state index in [0.717, 1.165) is 67.6 Å². The highest BCUT2D eigenvalue weighted by Gasteiger charge is 2.42. The Hall–Kier alpha value is -2.03. The van der Waals surface area contributed by atoms with Gasteiger partial charge < -0.3 is 14.1 Å². The fraction of sp³-hybridized carbons (Fsp3) is 0.696. The second kappa shape index (κ2) is 7.83. The summed E-state index contributed by atoms with van der Waals surface area (Å²) < 4.78 is 12.2.